The SMILES string of the molecule is C[C@H](NC(=O)[C@H](CCC(=O)O)NC(=O)[C@@H](N)CCCCN)C(=O)N[C@@H](CCCCN)C(=O)N[C@@H](CO)C(=O)N[C@@H](CCC(N)=O)C(=O)NCC(=O)NCC(=O)N[C@@H](CO)C(=O)N[C@@H](CC(N)=O)C(=O)O. The first-order chi connectivity index (χ1) is 32.9. The van der Waals surface area contributed by atoms with Gasteiger partial charge < -0.3 is 96.9 Å². The fourth-order valence-corrected chi connectivity index (χ4v) is 5.83. The average Bonchev–Trinajstić information content (AvgIpc) is 3.29. The number of carboxylic acid groups (broad SMARTS) is 2. The van der Waals surface area contributed by atoms with Crippen molar-refractivity contribution in [2.45, 2.75) is 126 Å². The van der Waals surface area contributed by atoms with Crippen LogP contribution in [0.2, 0.25) is 0 Å². The van der Waals surface area contributed by atoms with Crippen LogP contribution in [0.15, 0.2) is 0 Å². The highest BCUT2D eigenvalue weighted by molar-refractivity contribution is 5.98. The van der Waals surface area contributed by atoms with Gasteiger partial charge in [0.05, 0.1) is 38.8 Å². The van der Waals surface area contributed by atoms with Gasteiger partial charge in [0.2, 0.25) is 65.0 Å². The van der Waals surface area contributed by atoms with Crippen LogP contribution in [-0.4, -0.2) is 185 Å². The fourth-order valence-electron chi connectivity index (χ4n) is 5.83. The minimum absolute atomic E-state index is 0.0785. The van der Waals surface area contributed by atoms with Crippen molar-refractivity contribution in [2.24, 2.45) is 28.7 Å². The number of unbranched alkanes of at least 4 members (excludes halogenated alkanes) is 2. The summed E-state index contributed by atoms with van der Waals surface area (Å²) in [6.07, 6.45) is -0.788. The Balaban J connectivity index is 5.78. The molecule has 0 aliphatic heterocycles. The zero-order chi connectivity index (χ0) is 53.5. The number of aliphatic carboxylic acids is 2. The zero-order valence-electron chi connectivity index (χ0n) is 38.6. The molecule has 0 spiro atoms. The van der Waals surface area contributed by atoms with Gasteiger partial charge in [-0.15, -0.1) is 0 Å². The maximum atomic E-state index is 13.5. The molecule has 0 aliphatic carbocycles. The van der Waals surface area contributed by atoms with Gasteiger partial charge in [0.15, 0.2) is 0 Å². The van der Waals surface area contributed by atoms with E-state index in [2.05, 4.69) is 37.2 Å². The molecule has 0 rings (SSSR count). The number of carboxylic acids is 2. The molecular weight excluding hydrogens is 937 g/mol. The zero-order valence-corrected chi connectivity index (χ0v) is 38.6. The Kier molecular flexibility index (Phi) is 30.8. The maximum Gasteiger partial charge on any atom is 0.326 e. The third-order valence-corrected chi connectivity index (χ3v) is 9.77. The van der Waals surface area contributed by atoms with E-state index >= 15 is 0 Å². The molecule has 0 fully saturated rings. The van der Waals surface area contributed by atoms with Crippen LogP contribution in [0.1, 0.15) is 77.6 Å². The lowest BCUT2D eigenvalue weighted by Gasteiger charge is -2.26. The number of amides is 11. The first kappa shape index (κ1) is 62.9. The normalized spacial score (nSPS) is 14.2. The van der Waals surface area contributed by atoms with Crippen molar-refractivity contribution >= 4 is 76.9 Å². The Bertz CT molecular complexity index is 1840. The molecule has 31 nitrogen and oxygen atoms in total. The summed E-state index contributed by atoms with van der Waals surface area (Å²) >= 11 is 0. The number of hydrogen-bond acceptors (Lipinski definition) is 18. The molecule has 0 bridgehead atoms. The fraction of sp³-hybridized carbons (Fsp3) is 0.667. The highest BCUT2D eigenvalue weighted by atomic mass is 16.4. The summed E-state index contributed by atoms with van der Waals surface area (Å²) in [5.41, 5.74) is 27.1. The van der Waals surface area contributed by atoms with Crippen molar-refractivity contribution in [2.75, 3.05) is 39.4 Å². The van der Waals surface area contributed by atoms with Gasteiger partial charge in [0, 0.05) is 12.8 Å². The molecule has 8 atom stereocenters. The third kappa shape index (κ3) is 26.5. The standard InChI is InChI=1S/C39H68N14O17/c1-19(47-35(65)23(9-11-31(60)61)50-33(63)20(42)6-2-4-12-40)32(62)49-21(7-3-5-13-41)36(66)53-26(18-55)38(68)51-22(8-10-27(43)56)34(64)46-15-29(58)45-16-30(59)48-25(17-54)37(67)52-24(39(69)70)14-28(44)57/h19-26,54-55H,2-18,40-42H2,1H3,(H2,43,56)(H2,44,57)(H,45,58)(H,46,64)(H,47,65)(H,48,59)(H,49,62)(H,50,63)(H,51,68)(H,52,67)(H,53,66)(H,60,61)(H,69,70)/t19-,20-,21-,22-,23-,24-,25-,26-/m0/s1. The van der Waals surface area contributed by atoms with Crippen molar-refractivity contribution in [3.05, 3.63) is 0 Å². The molecule has 0 aromatic heterocycles. The van der Waals surface area contributed by atoms with E-state index in [4.69, 9.17) is 33.8 Å². The Morgan fingerprint density at radius 1 is 0.457 bits per heavy atom. The number of carbonyl (C=O) groups excluding carboxylic acids is 11. The second kappa shape index (κ2) is 34.2. The van der Waals surface area contributed by atoms with Crippen LogP contribution >= 0.6 is 0 Å². The number of aliphatic hydroxyl groups excluding tert-OH is 2. The minimum atomic E-state index is -1.80. The van der Waals surface area contributed by atoms with Crippen LogP contribution in [0, 0.1) is 0 Å². The predicted octanol–water partition coefficient (Wildman–Crippen LogP) is -9.71. The summed E-state index contributed by atoms with van der Waals surface area (Å²) in [4.78, 5) is 162. The Hall–Kier alpha value is -7.09. The maximum absolute atomic E-state index is 13.5. The summed E-state index contributed by atoms with van der Waals surface area (Å²) in [6, 6.07) is -12.2. The van der Waals surface area contributed by atoms with Crippen LogP contribution in [0.25, 0.3) is 0 Å². The topological polar surface area (TPSA) is 541 Å². The quantitative estimate of drug-likeness (QED) is 0.0257. The molecule has 0 radical (unpaired) electrons. The number of hydrogen-bond donors (Lipinski definition) is 18. The van der Waals surface area contributed by atoms with Crippen LogP contribution in [0.4, 0.5) is 0 Å². The van der Waals surface area contributed by atoms with Gasteiger partial charge in [-0.3, -0.25) is 57.5 Å². The number of nitrogens with two attached hydrogens (primary N) is 5. The second-order valence-electron chi connectivity index (χ2n) is 15.6. The summed E-state index contributed by atoms with van der Waals surface area (Å²) in [7, 11) is 0. The van der Waals surface area contributed by atoms with Crippen molar-refractivity contribution in [1.82, 2.24) is 47.9 Å². The molecular formula is C39H68N14O17. The molecule has 0 unspecified atom stereocenters. The lowest BCUT2D eigenvalue weighted by molar-refractivity contribution is -0.144. The molecule has 31 heteroatoms. The van der Waals surface area contributed by atoms with E-state index in [1.807, 2.05) is 10.6 Å². The smallest absolute Gasteiger partial charge is 0.326 e. The third-order valence-electron chi connectivity index (χ3n) is 9.77. The summed E-state index contributed by atoms with van der Waals surface area (Å²) < 4.78 is 0. The van der Waals surface area contributed by atoms with Crippen molar-refractivity contribution < 1.29 is 82.8 Å². The Morgan fingerprint density at radius 2 is 0.900 bits per heavy atom. The number of carbonyl (C=O) groups is 13. The molecule has 0 heterocycles. The Labute approximate surface area is 401 Å². The van der Waals surface area contributed by atoms with Crippen LogP contribution in [0.5, 0.6) is 0 Å². The van der Waals surface area contributed by atoms with Gasteiger partial charge in [-0.05, 0) is 65.0 Å². The summed E-state index contributed by atoms with van der Waals surface area (Å²) in [5, 5.41) is 57.7. The molecule has 0 saturated heterocycles. The van der Waals surface area contributed by atoms with Crippen molar-refractivity contribution in [3.8, 4) is 0 Å². The van der Waals surface area contributed by atoms with Gasteiger partial charge in [-0.1, -0.05) is 6.42 Å². The monoisotopic (exact) mass is 1000 g/mol. The average molecular weight is 1010 g/mol. The molecule has 11 amide bonds. The van der Waals surface area contributed by atoms with E-state index in [0.29, 0.717) is 25.8 Å². The van der Waals surface area contributed by atoms with E-state index in [-0.39, 0.29) is 32.2 Å². The molecule has 0 saturated carbocycles. The van der Waals surface area contributed by atoms with E-state index in [9.17, 15) is 77.6 Å². The summed E-state index contributed by atoms with van der Waals surface area (Å²) in [5.74, 6) is -14.1. The van der Waals surface area contributed by atoms with E-state index in [1.54, 1.807) is 0 Å². The molecule has 70 heavy (non-hydrogen) atoms. The lowest BCUT2D eigenvalue weighted by Crippen LogP contribution is -2.59. The molecule has 0 aliphatic rings. The van der Waals surface area contributed by atoms with E-state index in [1.165, 1.54) is 6.92 Å². The first-order valence-corrected chi connectivity index (χ1v) is 22.0. The largest absolute Gasteiger partial charge is 0.481 e. The highest BCUT2D eigenvalue weighted by Crippen LogP contribution is 2.06. The second-order valence-corrected chi connectivity index (χ2v) is 15.6. The van der Waals surface area contributed by atoms with E-state index < -0.39 is 177 Å². The molecule has 0 aromatic carbocycles. The van der Waals surface area contributed by atoms with Crippen LogP contribution in [0.3, 0.4) is 0 Å². The van der Waals surface area contributed by atoms with Gasteiger partial charge >= 0.3 is 11.9 Å². The van der Waals surface area contributed by atoms with Crippen molar-refractivity contribution in [3.63, 3.8) is 0 Å². The van der Waals surface area contributed by atoms with Crippen LogP contribution in [-0.2, 0) is 62.3 Å². The van der Waals surface area contributed by atoms with Crippen LogP contribution < -0.4 is 76.5 Å². The van der Waals surface area contributed by atoms with Gasteiger partial charge in [-0.2, -0.15) is 0 Å². The predicted molar refractivity (Wildman–Crippen MR) is 240 cm³/mol. The van der Waals surface area contributed by atoms with Gasteiger partial charge in [-0.25, -0.2) is 4.79 Å². The first-order valence-electron chi connectivity index (χ1n) is 22.0. The van der Waals surface area contributed by atoms with Gasteiger partial charge in [0.25, 0.3) is 0 Å². The van der Waals surface area contributed by atoms with E-state index in [0.717, 1.165) is 0 Å². The molecule has 0 aromatic rings. The number of aliphatic hydroxyl groups is 2. The number of rotatable bonds is 37. The number of primary amides is 2. The molecule has 23 N–H and O–H groups in total. The Morgan fingerprint density at radius 3 is 1.43 bits per heavy atom. The summed E-state index contributed by atoms with van der Waals surface area (Å²) in [6.45, 7) is -2.02. The number of nitrogens with one attached hydrogen (secondary N) is 9. The highest BCUT2D eigenvalue weighted by Gasteiger charge is 2.33. The lowest BCUT2D eigenvalue weighted by atomic mass is 10.1. The van der Waals surface area contributed by atoms with Crippen molar-refractivity contribution in [1.29, 1.82) is 0 Å². The van der Waals surface area contributed by atoms with Gasteiger partial charge in [0.1, 0.15) is 42.3 Å². The molecule has 396 valence electrons. The minimum Gasteiger partial charge on any atom is -0.481 e.